The van der Waals surface area contributed by atoms with Crippen molar-refractivity contribution in [3.05, 3.63) is 35.0 Å². The van der Waals surface area contributed by atoms with Crippen LogP contribution in [0.1, 0.15) is 30.3 Å². The summed E-state index contributed by atoms with van der Waals surface area (Å²) in [6, 6.07) is 3.71. The molecule has 2 aromatic rings. The second kappa shape index (κ2) is 7.06. The van der Waals surface area contributed by atoms with Gasteiger partial charge in [0.15, 0.2) is 5.82 Å². The topological polar surface area (TPSA) is 90.0 Å². The van der Waals surface area contributed by atoms with Crippen LogP contribution >= 0.6 is 11.6 Å². The molecule has 0 bridgehead atoms. The molecular weight excluding hydrogens is 316 g/mol. The van der Waals surface area contributed by atoms with Crippen LogP contribution in [0.4, 0.5) is 11.8 Å². The number of ether oxygens (including phenoxy) is 1. The molecule has 0 aliphatic carbocycles. The molecule has 1 fully saturated rings. The standard InChI is InChI=1S/C15H19ClN6O/c1-23-9-13-18-5-4-11(19-13)10-3-2-6-22(8-10)14-7-12(16)20-15(17)21-14/h4-5,7,10H,2-3,6,8-9H2,1H3,(H2,17,20,21)/t10-/m1/s1. The van der Waals surface area contributed by atoms with Gasteiger partial charge in [-0.05, 0) is 18.9 Å². The second-order valence-electron chi connectivity index (χ2n) is 5.52. The van der Waals surface area contributed by atoms with Crippen LogP contribution in [0, 0.1) is 0 Å². The van der Waals surface area contributed by atoms with E-state index in [1.165, 1.54) is 0 Å². The minimum Gasteiger partial charge on any atom is -0.377 e. The number of aromatic nitrogens is 4. The van der Waals surface area contributed by atoms with Crippen molar-refractivity contribution < 1.29 is 4.74 Å². The zero-order chi connectivity index (χ0) is 16.2. The van der Waals surface area contributed by atoms with E-state index in [4.69, 9.17) is 22.1 Å². The highest BCUT2D eigenvalue weighted by Crippen LogP contribution is 2.29. The van der Waals surface area contributed by atoms with Crippen molar-refractivity contribution in [1.29, 1.82) is 0 Å². The van der Waals surface area contributed by atoms with E-state index in [-0.39, 0.29) is 5.95 Å². The highest BCUT2D eigenvalue weighted by molar-refractivity contribution is 6.29. The lowest BCUT2D eigenvalue weighted by molar-refractivity contribution is 0.177. The van der Waals surface area contributed by atoms with Gasteiger partial charge < -0.3 is 15.4 Å². The van der Waals surface area contributed by atoms with Crippen molar-refractivity contribution in [2.24, 2.45) is 0 Å². The van der Waals surface area contributed by atoms with Gasteiger partial charge in [-0.1, -0.05) is 11.6 Å². The number of hydrogen-bond donors (Lipinski definition) is 1. The molecule has 23 heavy (non-hydrogen) atoms. The van der Waals surface area contributed by atoms with Crippen LogP contribution in [0.2, 0.25) is 5.15 Å². The van der Waals surface area contributed by atoms with Crippen molar-refractivity contribution in [3.8, 4) is 0 Å². The van der Waals surface area contributed by atoms with Crippen LogP contribution in [-0.2, 0) is 11.3 Å². The lowest BCUT2D eigenvalue weighted by Crippen LogP contribution is -2.35. The molecule has 1 atom stereocenters. The van der Waals surface area contributed by atoms with Gasteiger partial charge in [0, 0.05) is 44.1 Å². The molecular formula is C15H19ClN6O. The second-order valence-corrected chi connectivity index (χ2v) is 5.91. The van der Waals surface area contributed by atoms with Crippen LogP contribution < -0.4 is 10.6 Å². The average Bonchev–Trinajstić information content (AvgIpc) is 2.55. The quantitative estimate of drug-likeness (QED) is 0.855. The fraction of sp³-hybridized carbons (Fsp3) is 0.467. The average molecular weight is 335 g/mol. The molecule has 2 aromatic heterocycles. The molecule has 0 unspecified atom stereocenters. The molecule has 8 heteroatoms. The third-order valence-electron chi connectivity index (χ3n) is 3.86. The number of methoxy groups -OCH3 is 1. The van der Waals surface area contributed by atoms with Crippen LogP contribution in [0.25, 0.3) is 0 Å². The zero-order valence-corrected chi connectivity index (χ0v) is 13.7. The number of hydrogen-bond acceptors (Lipinski definition) is 7. The third kappa shape index (κ3) is 3.86. The van der Waals surface area contributed by atoms with E-state index in [0.717, 1.165) is 37.4 Å². The van der Waals surface area contributed by atoms with Gasteiger partial charge in [-0.2, -0.15) is 4.98 Å². The van der Waals surface area contributed by atoms with Gasteiger partial charge in [0.25, 0.3) is 0 Å². The summed E-state index contributed by atoms with van der Waals surface area (Å²) in [5, 5.41) is 0.360. The van der Waals surface area contributed by atoms with E-state index in [1.54, 1.807) is 19.4 Å². The van der Waals surface area contributed by atoms with Crippen molar-refractivity contribution in [2.45, 2.75) is 25.4 Å². The molecule has 3 heterocycles. The van der Waals surface area contributed by atoms with Gasteiger partial charge in [-0.15, -0.1) is 0 Å². The number of anilines is 2. The summed E-state index contributed by atoms with van der Waals surface area (Å²) >= 11 is 5.99. The largest absolute Gasteiger partial charge is 0.377 e. The van der Waals surface area contributed by atoms with Gasteiger partial charge >= 0.3 is 0 Å². The molecule has 3 rings (SSSR count). The Kier molecular flexibility index (Phi) is 4.88. The molecule has 0 amide bonds. The van der Waals surface area contributed by atoms with Crippen molar-refractivity contribution in [3.63, 3.8) is 0 Å². The summed E-state index contributed by atoms with van der Waals surface area (Å²) in [6.45, 7) is 2.15. The smallest absolute Gasteiger partial charge is 0.223 e. The van der Waals surface area contributed by atoms with Crippen LogP contribution in [-0.4, -0.2) is 40.1 Å². The lowest BCUT2D eigenvalue weighted by Gasteiger charge is -2.33. The Hall–Kier alpha value is -1.99. The van der Waals surface area contributed by atoms with Crippen LogP contribution in [0.15, 0.2) is 18.3 Å². The summed E-state index contributed by atoms with van der Waals surface area (Å²) in [5.41, 5.74) is 6.73. The number of nitrogens with two attached hydrogens (primary N) is 1. The lowest BCUT2D eigenvalue weighted by atomic mass is 9.94. The maximum absolute atomic E-state index is 5.99. The monoisotopic (exact) mass is 334 g/mol. The van der Waals surface area contributed by atoms with Crippen LogP contribution in [0.5, 0.6) is 0 Å². The first-order chi connectivity index (χ1) is 11.2. The fourth-order valence-corrected chi connectivity index (χ4v) is 3.04. The number of nitrogens with zero attached hydrogens (tertiary/aromatic N) is 5. The molecule has 122 valence electrons. The van der Waals surface area contributed by atoms with Crippen molar-refractivity contribution in [2.75, 3.05) is 30.8 Å². The van der Waals surface area contributed by atoms with E-state index in [9.17, 15) is 0 Å². The Bertz CT molecular complexity index is 663. The SMILES string of the molecule is COCc1nccc([C@@H]2CCCN(c3cc(Cl)nc(N)n3)C2)n1. The summed E-state index contributed by atoms with van der Waals surface area (Å²) in [4.78, 5) is 19.2. The van der Waals surface area contributed by atoms with Crippen molar-refractivity contribution in [1.82, 2.24) is 19.9 Å². The highest BCUT2D eigenvalue weighted by Gasteiger charge is 2.24. The molecule has 0 saturated carbocycles. The van der Waals surface area contributed by atoms with E-state index >= 15 is 0 Å². The van der Waals surface area contributed by atoms with Gasteiger partial charge in [-0.25, -0.2) is 15.0 Å². The molecule has 0 radical (unpaired) electrons. The molecule has 1 aliphatic rings. The van der Waals surface area contributed by atoms with Gasteiger partial charge in [0.1, 0.15) is 17.6 Å². The predicted octanol–water partition coefficient (Wildman–Crippen LogP) is 2.03. The zero-order valence-electron chi connectivity index (χ0n) is 12.9. The minimum atomic E-state index is 0.194. The summed E-state index contributed by atoms with van der Waals surface area (Å²) in [5.74, 6) is 1.98. The molecule has 2 N–H and O–H groups in total. The Labute approximate surface area is 139 Å². The number of rotatable bonds is 4. The Morgan fingerprint density at radius 2 is 2.26 bits per heavy atom. The third-order valence-corrected chi connectivity index (χ3v) is 4.06. The van der Waals surface area contributed by atoms with Gasteiger partial charge in [0.05, 0.1) is 0 Å². The summed E-state index contributed by atoms with van der Waals surface area (Å²) < 4.78 is 5.11. The Morgan fingerprint density at radius 3 is 3.04 bits per heavy atom. The van der Waals surface area contributed by atoms with Gasteiger partial charge in [0.2, 0.25) is 5.95 Å². The molecule has 1 aliphatic heterocycles. The Balaban J connectivity index is 1.79. The minimum absolute atomic E-state index is 0.194. The summed E-state index contributed by atoms with van der Waals surface area (Å²) in [6.07, 6.45) is 3.92. The maximum atomic E-state index is 5.99. The van der Waals surface area contributed by atoms with E-state index < -0.39 is 0 Å². The molecule has 7 nitrogen and oxygen atoms in total. The first kappa shape index (κ1) is 15.9. The molecule has 0 spiro atoms. The first-order valence-corrected chi connectivity index (χ1v) is 7.89. The molecule has 1 saturated heterocycles. The highest BCUT2D eigenvalue weighted by atomic mass is 35.5. The Morgan fingerprint density at radius 1 is 1.39 bits per heavy atom. The van der Waals surface area contributed by atoms with E-state index in [0.29, 0.717) is 23.5 Å². The van der Waals surface area contributed by atoms with Crippen LogP contribution in [0.3, 0.4) is 0 Å². The fourth-order valence-electron chi connectivity index (χ4n) is 2.85. The first-order valence-electron chi connectivity index (χ1n) is 7.51. The summed E-state index contributed by atoms with van der Waals surface area (Å²) in [7, 11) is 1.64. The van der Waals surface area contributed by atoms with Gasteiger partial charge in [-0.3, -0.25) is 0 Å². The number of nitrogen functional groups attached to an aromatic ring is 1. The molecule has 0 aromatic carbocycles. The number of halogens is 1. The number of piperidine rings is 1. The maximum Gasteiger partial charge on any atom is 0.223 e. The predicted molar refractivity (Wildman–Crippen MR) is 88.4 cm³/mol. The van der Waals surface area contributed by atoms with E-state index in [1.807, 2.05) is 6.07 Å². The normalized spacial score (nSPS) is 18.2. The van der Waals surface area contributed by atoms with E-state index in [2.05, 4.69) is 24.8 Å². The van der Waals surface area contributed by atoms with Crippen molar-refractivity contribution >= 4 is 23.4 Å².